The van der Waals surface area contributed by atoms with E-state index in [9.17, 15) is 9.59 Å². The Morgan fingerprint density at radius 2 is 2.42 bits per heavy atom. The maximum Gasteiger partial charge on any atom is 0.344 e. The number of aromatic nitrogens is 2. The van der Waals surface area contributed by atoms with Crippen LogP contribution in [-0.4, -0.2) is 22.4 Å². The number of nitrogens with one attached hydrogen (secondary N) is 2. The monoisotopic (exact) mass is 261 g/mol. The molecule has 2 N–H and O–H groups in total. The van der Waals surface area contributed by atoms with Crippen molar-refractivity contribution >= 4 is 5.91 Å². The third kappa shape index (κ3) is 4.69. The molecule has 1 heterocycles. The van der Waals surface area contributed by atoms with Crippen molar-refractivity contribution in [1.82, 2.24) is 15.3 Å². The van der Waals surface area contributed by atoms with Crippen LogP contribution >= 0.6 is 0 Å². The van der Waals surface area contributed by atoms with Crippen LogP contribution in [-0.2, 0) is 11.2 Å². The van der Waals surface area contributed by atoms with Crippen molar-refractivity contribution in [1.29, 1.82) is 0 Å². The first kappa shape index (κ1) is 13.5. The second-order valence-corrected chi connectivity index (χ2v) is 4.85. The molecule has 0 aliphatic heterocycles. The Morgan fingerprint density at radius 3 is 3.11 bits per heavy atom. The summed E-state index contributed by atoms with van der Waals surface area (Å²) in [6.07, 6.45) is 12.1. The van der Waals surface area contributed by atoms with Gasteiger partial charge in [0.05, 0.1) is 0 Å². The van der Waals surface area contributed by atoms with Crippen LogP contribution in [0.3, 0.4) is 0 Å². The zero-order chi connectivity index (χ0) is 13.5. The fourth-order valence-electron chi connectivity index (χ4n) is 2.22. The summed E-state index contributed by atoms with van der Waals surface area (Å²) in [5.41, 5.74) is 0.564. The molecule has 1 unspecified atom stereocenters. The molecule has 19 heavy (non-hydrogen) atoms. The normalized spacial score (nSPS) is 18.2. The van der Waals surface area contributed by atoms with E-state index in [0.29, 0.717) is 25.3 Å². The Balaban J connectivity index is 1.68. The molecule has 0 saturated carbocycles. The first-order valence-corrected chi connectivity index (χ1v) is 6.71. The van der Waals surface area contributed by atoms with Crippen LogP contribution in [0.15, 0.2) is 29.3 Å². The molecule has 5 heteroatoms. The summed E-state index contributed by atoms with van der Waals surface area (Å²) in [5, 5.41) is 2.90. The quantitative estimate of drug-likeness (QED) is 0.781. The van der Waals surface area contributed by atoms with Gasteiger partial charge in [0, 0.05) is 25.4 Å². The molecular formula is C14H19N3O2. The molecule has 1 aliphatic carbocycles. The van der Waals surface area contributed by atoms with Crippen LogP contribution in [0.5, 0.6) is 0 Å². The number of carbonyl (C=O) groups is 1. The lowest BCUT2D eigenvalue weighted by Gasteiger charge is -2.15. The van der Waals surface area contributed by atoms with Gasteiger partial charge in [0.2, 0.25) is 5.91 Å². The molecule has 5 nitrogen and oxygen atoms in total. The van der Waals surface area contributed by atoms with Gasteiger partial charge in [0.15, 0.2) is 0 Å². The lowest BCUT2D eigenvalue weighted by atomic mass is 9.93. The Morgan fingerprint density at radius 1 is 1.53 bits per heavy atom. The van der Waals surface area contributed by atoms with Gasteiger partial charge in [0.25, 0.3) is 0 Å². The number of H-pyrrole nitrogens is 1. The number of rotatable bonds is 5. The van der Waals surface area contributed by atoms with Crippen LogP contribution in [0.2, 0.25) is 0 Å². The summed E-state index contributed by atoms with van der Waals surface area (Å²) in [6.45, 7) is 0.572. The minimum Gasteiger partial charge on any atom is -0.356 e. The third-order valence-corrected chi connectivity index (χ3v) is 3.27. The fraction of sp³-hybridized carbons (Fsp3) is 0.500. The maximum atomic E-state index is 11.7. The maximum absolute atomic E-state index is 11.7. The van der Waals surface area contributed by atoms with E-state index in [-0.39, 0.29) is 11.6 Å². The van der Waals surface area contributed by atoms with Crippen molar-refractivity contribution in [2.24, 2.45) is 5.92 Å². The highest BCUT2D eigenvalue weighted by atomic mass is 16.1. The van der Waals surface area contributed by atoms with Gasteiger partial charge in [-0.15, -0.1) is 0 Å². The second-order valence-electron chi connectivity index (χ2n) is 4.85. The molecule has 0 radical (unpaired) electrons. The Hall–Kier alpha value is -1.91. The van der Waals surface area contributed by atoms with Crippen LogP contribution in [0, 0.1) is 5.92 Å². The highest BCUT2D eigenvalue weighted by molar-refractivity contribution is 5.76. The zero-order valence-electron chi connectivity index (χ0n) is 10.9. The fourth-order valence-corrected chi connectivity index (χ4v) is 2.22. The van der Waals surface area contributed by atoms with Gasteiger partial charge in [-0.2, -0.15) is 0 Å². The molecule has 0 fully saturated rings. The van der Waals surface area contributed by atoms with Crippen molar-refractivity contribution in [3.05, 3.63) is 40.6 Å². The smallest absolute Gasteiger partial charge is 0.344 e. The van der Waals surface area contributed by atoms with Gasteiger partial charge >= 0.3 is 5.69 Å². The van der Waals surface area contributed by atoms with Crippen molar-refractivity contribution in [2.75, 3.05) is 6.54 Å². The van der Waals surface area contributed by atoms with Crippen molar-refractivity contribution < 1.29 is 4.79 Å². The van der Waals surface area contributed by atoms with Gasteiger partial charge in [-0.3, -0.25) is 4.79 Å². The molecule has 0 spiro atoms. The van der Waals surface area contributed by atoms with E-state index in [0.717, 1.165) is 18.4 Å². The first-order chi connectivity index (χ1) is 9.24. The number of hydrogen-bond donors (Lipinski definition) is 2. The second kappa shape index (κ2) is 6.87. The summed E-state index contributed by atoms with van der Waals surface area (Å²) in [5.74, 6) is 0.484. The standard InChI is InChI=1S/C14H19N3O2/c18-13(8-11-4-2-1-3-5-11)15-7-6-12-9-16-14(19)17-10-12/h2,4,9-11H,1,3,5-8H2,(H,15,18)(H,16,17,19). The minimum atomic E-state index is -0.350. The summed E-state index contributed by atoms with van der Waals surface area (Å²) in [6, 6.07) is 0. The van der Waals surface area contributed by atoms with Crippen LogP contribution < -0.4 is 11.0 Å². The molecular weight excluding hydrogens is 242 g/mol. The summed E-state index contributed by atoms with van der Waals surface area (Å²) < 4.78 is 0. The number of carbonyl (C=O) groups excluding carboxylic acids is 1. The van der Waals surface area contributed by atoms with Crippen molar-refractivity contribution in [3.8, 4) is 0 Å². The van der Waals surface area contributed by atoms with Gasteiger partial charge in [-0.25, -0.2) is 9.78 Å². The Bertz CT molecular complexity index is 487. The minimum absolute atomic E-state index is 0.0916. The van der Waals surface area contributed by atoms with Gasteiger partial charge in [-0.1, -0.05) is 12.2 Å². The van der Waals surface area contributed by atoms with E-state index in [1.54, 1.807) is 6.20 Å². The predicted octanol–water partition coefficient (Wildman–Crippen LogP) is 1.17. The number of aromatic amines is 1. The van der Waals surface area contributed by atoms with E-state index in [4.69, 9.17) is 0 Å². The highest BCUT2D eigenvalue weighted by Crippen LogP contribution is 2.19. The Kier molecular flexibility index (Phi) is 4.89. The molecule has 1 aliphatic rings. The molecule has 1 aromatic heterocycles. The Labute approximate surface area is 112 Å². The van der Waals surface area contributed by atoms with E-state index in [1.165, 1.54) is 12.6 Å². The first-order valence-electron chi connectivity index (χ1n) is 6.71. The average molecular weight is 261 g/mol. The van der Waals surface area contributed by atoms with E-state index < -0.39 is 0 Å². The van der Waals surface area contributed by atoms with Crippen LogP contribution in [0.25, 0.3) is 0 Å². The number of hydrogen-bond acceptors (Lipinski definition) is 3. The summed E-state index contributed by atoms with van der Waals surface area (Å²) in [7, 11) is 0. The highest BCUT2D eigenvalue weighted by Gasteiger charge is 2.12. The van der Waals surface area contributed by atoms with Gasteiger partial charge in [-0.05, 0) is 37.2 Å². The average Bonchev–Trinajstić information content (AvgIpc) is 2.42. The lowest BCUT2D eigenvalue weighted by molar-refractivity contribution is -0.121. The van der Waals surface area contributed by atoms with Crippen molar-refractivity contribution in [3.63, 3.8) is 0 Å². The van der Waals surface area contributed by atoms with E-state index in [2.05, 4.69) is 27.4 Å². The lowest BCUT2D eigenvalue weighted by Crippen LogP contribution is -2.27. The molecule has 0 bridgehead atoms. The summed E-state index contributed by atoms with van der Waals surface area (Å²) in [4.78, 5) is 28.7. The molecule has 102 valence electrons. The van der Waals surface area contributed by atoms with Crippen molar-refractivity contribution in [2.45, 2.75) is 32.1 Å². The molecule has 2 rings (SSSR count). The number of nitrogens with zero attached hydrogens (tertiary/aromatic N) is 1. The largest absolute Gasteiger partial charge is 0.356 e. The number of allylic oxidation sites excluding steroid dienone is 2. The molecule has 1 aromatic rings. The number of amides is 1. The van der Waals surface area contributed by atoms with Gasteiger partial charge in [0.1, 0.15) is 0 Å². The molecule has 1 atom stereocenters. The van der Waals surface area contributed by atoms with Crippen LogP contribution in [0.4, 0.5) is 0 Å². The van der Waals surface area contributed by atoms with Gasteiger partial charge < -0.3 is 10.3 Å². The molecule has 0 aromatic carbocycles. The van der Waals surface area contributed by atoms with Crippen LogP contribution in [0.1, 0.15) is 31.2 Å². The third-order valence-electron chi connectivity index (χ3n) is 3.27. The predicted molar refractivity (Wildman–Crippen MR) is 72.7 cm³/mol. The molecule has 1 amide bonds. The van der Waals surface area contributed by atoms with E-state index >= 15 is 0 Å². The van der Waals surface area contributed by atoms with E-state index in [1.807, 2.05) is 0 Å². The zero-order valence-corrected chi connectivity index (χ0v) is 10.9. The SMILES string of the molecule is O=C(CC1C=CCCC1)NCCc1cnc(=O)[nH]c1. The topological polar surface area (TPSA) is 74.8 Å². The summed E-state index contributed by atoms with van der Waals surface area (Å²) >= 11 is 0. The molecule has 0 saturated heterocycles.